The standard InChI is InChI=1S/C26H26FN3O3/c1-18-8-3-4-11-22(18)24-15-21(33-29-24)17-30(16-19-9-7-10-20(27)14-19)26(31)28-23-12-5-6-13-25(23)32-2/h3-14,21H,15-17H2,1-2H3,(H,28,31). The smallest absolute Gasteiger partial charge is 0.322 e. The fourth-order valence-corrected chi connectivity index (χ4v) is 3.84. The zero-order valence-corrected chi connectivity index (χ0v) is 18.6. The van der Waals surface area contributed by atoms with Gasteiger partial charge in [0, 0.05) is 18.5 Å². The molecule has 1 aliphatic heterocycles. The van der Waals surface area contributed by atoms with Crippen molar-refractivity contribution in [3.05, 3.63) is 95.3 Å². The van der Waals surface area contributed by atoms with Crippen LogP contribution in [0.4, 0.5) is 14.9 Å². The van der Waals surface area contributed by atoms with Crippen molar-refractivity contribution in [2.45, 2.75) is 26.0 Å². The number of halogens is 1. The number of urea groups is 1. The molecule has 0 bridgehead atoms. The Balaban J connectivity index is 1.50. The number of aryl methyl sites for hydroxylation is 1. The molecule has 1 heterocycles. The van der Waals surface area contributed by atoms with Gasteiger partial charge in [0.25, 0.3) is 0 Å². The Hall–Kier alpha value is -3.87. The minimum atomic E-state index is -0.347. The third-order valence-electron chi connectivity index (χ3n) is 5.51. The number of ether oxygens (including phenoxy) is 1. The predicted octanol–water partition coefficient (Wildman–Crippen LogP) is 5.37. The number of anilines is 1. The van der Waals surface area contributed by atoms with Crippen molar-refractivity contribution in [1.82, 2.24) is 4.90 Å². The van der Waals surface area contributed by atoms with Crippen LogP contribution in [0.3, 0.4) is 0 Å². The topological polar surface area (TPSA) is 63.2 Å². The molecule has 6 nitrogen and oxygen atoms in total. The van der Waals surface area contributed by atoms with Gasteiger partial charge >= 0.3 is 6.03 Å². The number of nitrogens with zero attached hydrogens (tertiary/aromatic N) is 2. The average molecular weight is 448 g/mol. The van der Waals surface area contributed by atoms with Gasteiger partial charge in [-0.05, 0) is 42.3 Å². The molecule has 2 amide bonds. The van der Waals surface area contributed by atoms with Crippen molar-refractivity contribution in [3.8, 4) is 5.75 Å². The minimum Gasteiger partial charge on any atom is -0.495 e. The van der Waals surface area contributed by atoms with E-state index in [9.17, 15) is 9.18 Å². The van der Waals surface area contributed by atoms with Crippen LogP contribution >= 0.6 is 0 Å². The van der Waals surface area contributed by atoms with Gasteiger partial charge in [-0.1, -0.05) is 53.7 Å². The summed E-state index contributed by atoms with van der Waals surface area (Å²) >= 11 is 0. The molecule has 7 heteroatoms. The lowest BCUT2D eigenvalue weighted by molar-refractivity contribution is 0.0608. The number of carbonyl (C=O) groups is 1. The van der Waals surface area contributed by atoms with Crippen molar-refractivity contribution in [2.24, 2.45) is 5.16 Å². The Kier molecular flexibility index (Phi) is 6.88. The van der Waals surface area contributed by atoms with Gasteiger partial charge in [-0.3, -0.25) is 0 Å². The van der Waals surface area contributed by atoms with E-state index in [1.54, 1.807) is 36.3 Å². The quantitative estimate of drug-likeness (QED) is 0.530. The molecule has 0 aromatic heterocycles. The molecule has 1 aliphatic rings. The number of rotatable bonds is 7. The predicted molar refractivity (Wildman–Crippen MR) is 126 cm³/mol. The first-order valence-corrected chi connectivity index (χ1v) is 10.8. The van der Waals surface area contributed by atoms with Gasteiger partial charge < -0.3 is 19.8 Å². The fraction of sp³-hybridized carbons (Fsp3) is 0.231. The summed E-state index contributed by atoms with van der Waals surface area (Å²) in [4.78, 5) is 20.5. The lowest BCUT2D eigenvalue weighted by atomic mass is 10.0. The highest BCUT2D eigenvalue weighted by atomic mass is 19.1. The summed E-state index contributed by atoms with van der Waals surface area (Å²) in [5, 5.41) is 7.17. The molecule has 0 saturated heterocycles. The zero-order chi connectivity index (χ0) is 23.2. The van der Waals surface area contributed by atoms with E-state index in [0.29, 0.717) is 23.4 Å². The number of hydrogen-bond donors (Lipinski definition) is 1. The van der Waals surface area contributed by atoms with E-state index in [1.165, 1.54) is 12.1 Å². The van der Waals surface area contributed by atoms with Crippen LogP contribution in [-0.2, 0) is 11.4 Å². The van der Waals surface area contributed by atoms with Crippen LogP contribution in [0.15, 0.2) is 78.0 Å². The third-order valence-corrected chi connectivity index (χ3v) is 5.51. The first-order chi connectivity index (χ1) is 16.0. The molecular weight excluding hydrogens is 421 g/mol. The molecule has 170 valence electrons. The van der Waals surface area contributed by atoms with Gasteiger partial charge in [0.15, 0.2) is 6.10 Å². The van der Waals surface area contributed by atoms with Gasteiger partial charge in [0.2, 0.25) is 0 Å². The second kappa shape index (κ2) is 10.2. The van der Waals surface area contributed by atoms with E-state index in [-0.39, 0.29) is 31.0 Å². The number of methoxy groups -OCH3 is 1. The second-order valence-corrected chi connectivity index (χ2v) is 7.93. The summed E-state index contributed by atoms with van der Waals surface area (Å²) in [7, 11) is 1.55. The minimum absolute atomic E-state index is 0.221. The number of oxime groups is 1. The lowest BCUT2D eigenvalue weighted by Crippen LogP contribution is -2.40. The number of carbonyl (C=O) groups excluding carboxylic acids is 1. The Morgan fingerprint density at radius 3 is 2.73 bits per heavy atom. The van der Waals surface area contributed by atoms with Crippen molar-refractivity contribution in [1.29, 1.82) is 0 Å². The zero-order valence-electron chi connectivity index (χ0n) is 18.6. The van der Waals surface area contributed by atoms with Gasteiger partial charge in [-0.25, -0.2) is 9.18 Å². The lowest BCUT2D eigenvalue weighted by Gasteiger charge is -2.25. The van der Waals surface area contributed by atoms with Crippen LogP contribution in [0.5, 0.6) is 5.75 Å². The highest BCUT2D eigenvalue weighted by molar-refractivity contribution is 6.02. The summed E-state index contributed by atoms with van der Waals surface area (Å²) in [5.74, 6) is 0.207. The summed E-state index contributed by atoms with van der Waals surface area (Å²) < 4.78 is 19.1. The van der Waals surface area contributed by atoms with E-state index in [2.05, 4.69) is 10.5 Å². The number of para-hydroxylation sites is 2. The molecule has 3 aromatic rings. The maximum Gasteiger partial charge on any atom is 0.322 e. The number of benzene rings is 3. The summed E-state index contributed by atoms with van der Waals surface area (Å²) in [6.07, 6.45) is 0.267. The molecule has 1 N–H and O–H groups in total. The Bertz CT molecular complexity index is 1160. The molecule has 0 aliphatic carbocycles. The highest BCUT2D eigenvalue weighted by Crippen LogP contribution is 2.25. The Morgan fingerprint density at radius 2 is 1.94 bits per heavy atom. The molecule has 4 rings (SSSR count). The highest BCUT2D eigenvalue weighted by Gasteiger charge is 2.28. The van der Waals surface area contributed by atoms with E-state index in [1.807, 2.05) is 43.3 Å². The Morgan fingerprint density at radius 1 is 1.15 bits per heavy atom. The summed E-state index contributed by atoms with van der Waals surface area (Å²) in [6, 6.07) is 21.1. The fourth-order valence-electron chi connectivity index (χ4n) is 3.84. The first-order valence-electron chi connectivity index (χ1n) is 10.8. The monoisotopic (exact) mass is 447 g/mol. The molecule has 1 atom stereocenters. The van der Waals surface area contributed by atoms with E-state index < -0.39 is 0 Å². The van der Waals surface area contributed by atoms with Gasteiger partial charge in [-0.2, -0.15) is 0 Å². The number of amides is 2. The van der Waals surface area contributed by atoms with E-state index >= 15 is 0 Å². The van der Waals surface area contributed by atoms with Crippen molar-refractivity contribution < 1.29 is 18.8 Å². The van der Waals surface area contributed by atoms with Crippen LogP contribution in [-0.4, -0.2) is 36.4 Å². The van der Waals surface area contributed by atoms with Crippen LogP contribution in [0.2, 0.25) is 0 Å². The summed E-state index contributed by atoms with van der Waals surface area (Å²) in [6.45, 7) is 2.54. The third kappa shape index (κ3) is 5.49. The van der Waals surface area contributed by atoms with Crippen LogP contribution in [0.1, 0.15) is 23.1 Å². The van der Waals surface area contributed by atoms with Gasteiger partial charge in [-0.15, -0.1) is 0 Å². The van der Waals surface area contributed by atoms with Crippen LogP contribution < -0.4 is 10.1 Å². The maximum absolute atomic E-state index is 13.8. The van der Waals surface area contributed by atoms with Crippen molar-refractivity contribution in [2.75, 3.05) is 19.0 Å². The van der Waals surface area contributed by atoms with E-state index in [0.717, 1.165) is 16.8 Å². The summed E-state index contributed by atoms with van der Waals surface area (Å²) in [5.41, 5.74) is 4.25. The van der Waals surface area contributed by atoms with Gasteiger partial charge in [0.05, 0.1) is 25.1 Å². The number of nitrogens with one attached hydrogen (secondary N) is 1. The number of hydrogen-bond acceptors (Lipinski definition) is 4. The normalized spacial score (nSPS) is 14.9. The maximum atomic E-state index is 13.8. The molecule has 0 saturated carbocycles. The SMILES string of the molecule is COc1ccccc1NC(=O)N(Cc1cccc(F)c1)CC1CC(c2ccccc2C)=NO1. The molecule has 33 heavy (non-hydrogen) atoms. The molecule has 1 unspecified atom stereocenters. The van der Waals surface area contributed by atoms with E-state index in [4.69, 9.17) is 9.57 Å². The van der Waals surface area contributed by atoms with Crippen LogP contribution in [0, 0.1) is 12.7 Å². The molecule has 0 spiro atoms. The average Bonchev–Trinajstić information content (AvgIpc) is 3.27. The second-order valence-electron chi connectivity index (χ2n) is 7.93. The molecule has 3 aromatic carbocycles. The van der Waals surface area contributed by atoms with Crippen LogP contribution in [0.25, 0.3) is 0 Å². The van der Waals surface area contributed by atoms with Crippen molar-refractivity contribution >= 4 is 17.4 Å². The first kappa shape index (κ1) is 22.3. The largest absolute Gasteiger partial charge is 0.495 e. The molecular formula is C26H26FN3O3. The van der Waals surface area contributed by atoms with Crippen molar-refractivity contribution in [3.63, 3.8) is 0 Å². The van der Waals surface area contributed by atoms with Gasteiger partial charge in [0.1, 0.15) is 11.6 Å². The molecule has 0 radical (unpaired) electrons. The molecule has 0 fully saturated rings. The Labute approximate surface area is 192 Å².